The maximum absolute atomic E-state index is 12.5. The molecule has 0 unspecified atom stereocenters. The number of para-hydroxylation sites is 2. The van der Waals surface area contributed by atoms with Crippen molar-refractivity contribution in [1.82, 2.24) is 0 Å². The standard InChI is InChI=1S/C13H15BrN2O3S2/c1-16(2)11-6-4-3-5-10(11)15-21(18,19)12-7-9(8-17)20-13(12)14/h3-7,15,17H,8H2,1-2H3. The van der Waals surface area contributed by atoms with Gasteiger partial charge in [0.05, 0.1) is 21.8 Å². The second-order valence-electron chi connectivity index (χ2n) is 4.53. The predicted molar refractivity (Wildman–Crippen MR) is 89.5 cm³/mol. The van der Waals surface area contributed by atoms with Crippen molar-refractivity contribution < 1.29 is 13.5 Å². The van der Waals surface area contributed by atoms with Crippen LogP contribution in [-0.2, 0) is 16.6 Å². The molecule has 0 saturated heterocycles. The Balaban J connectivity index is 2.40. The average Bonchev–Trinajstić information content (AvgIpc) is 2.81. The van der Waals surface area contributed by atoms with Crippen molar-refractivity contribution in [2.45, 2.75) is 11.5 Å². The number of aliphatic hydroxyl groups is 1. The van der Waals surface area contributed by atoms with Gasteiger partial charge in [0.2, 0.25) is 0 Å². The van der Waals surface area contributed by atoms with E-state index in [2.05, 4.69) is 20.7 Å². The molecule has 21 heavy (non-hydrogen) atoms. The first-order valence-electron chi connectivity index (χ1n) is 6.03. The molecule has 0 bridgehead atoms. The zero-order chi connectivity index (χ0) is 15.6. The van der Waals surface area contributed by atoms with Crippen LogP contribution in [0, 0.1) is 0 Å². The average molecular weight is 391 g/mol. The van der Waals surface area contributed by atoms with E-state index in [0.717, 1.165) is 5.69 Å². The van der Waals surface area contributed by atoms with Gasteiger partial charge in [0, 0.05) is 19.0 Å². The lowest BCUT2D eigenvalue weighted by Gasteiger charge is -2.18. The lowest BCUT2D eigenvalue weighted by atomic mass is 10.2. The van der Waals surface area contributed by atoms with Crippen LogP contribution in [-0.4, -0.2) is 27.6 Å². The van der Waals surface area contributed by atoms with Gasteiger partial charge in [-0.2, -0.15) is 0 Å². The molecule has 5 nitrogen and oxygen atoms in total. The third kappa shape index (κ3) is 3.57. The molecular weight excluding hydrogens is 376 g/mol. The normalized spacial score (nSPS) is 11.4. The minimum Gasteiger partial charge on any atom is -0.391 e. The Morgan fingerprint density at radius 2 is 2.00 bits per heavy atom. The van der Waals surface area contributed by atoms with Gasteiger partial charge in [0.25, 0.3) is 10.0 Å². The summed E-state index contributed by atoms with van der Waals surface area (Å²) in [4.78, 5) is 2.55. The highest BCUT2D eigenvalue weighted by atomic mass is 79.9. The molecule has 0 spiro atoms. The Kier molecular flexibility index (Phi) is 4.92. The van der Waals surface area contributed by atoms with Crippen LogP contribution in [0.4, 0.5) is 11.4 Å². The number of nitrogens with one attached hydrogen (secondary N) is 1. The zero-order valence-electron chi connectivity index (χ0n) is 11.5. The van der Waals surface area contributed by atoms with Gasteiger partial charge in [-0.15, -0.1) is 11.3 Å². The van der Waals surface area contributed by atoms with Gasteiger partial charge in [-0.05, 0) is 34.1 Å². The van der Waals surface area contributed by atoms with Gasteiger partial charge in [-0.1, -0.05) is 12.1 Å². The van der Waals surface area contributed by atoms with Crippen LogP contribution in [0.5, 0.6) is 0 Å². The largest absolute Gasteiger partial charge is 0.391 e. The van der Waals surface area contributed by atoms with Gasteiger partial charge < -0.3 is 10.0 Å². The molecule has 1 aromatic carbocycles. The Bertz CT molecular complexity index is 742. The molecule has 0 fully saturated rings. The molecule has 0 aliphatic carbocycles. The summed E-state index contributed by atoms with van der Waals surface area (Å²) in [5.74, 6) is 0. The van der Waals surface area contributed by atoms with Gasteiger partial charge in [0.1, 0.15) is 4.90 Å². The van der Waals surface area contributed by atoms with Gasteiger partial charge in [-0.25, -0.2) is 8.42 Å². The summed E-state index contributed by atoms with van der Waals surface area (Å²) in [5, 5.41) is 9.12. The van der Waals surface area contributed by atoms with Gasteiger partial charge in [0.15, 0.2) is 0 Å². The van der Waals surface area contributed by atoms with Gasteiger partial charge >= 0.3 is 0 Å². The third-order valence-corrected chi connectivity index (χ3v) is 6.38. The summed E-state index contributed by atoms with van der Waals surface area (Å²) in [6, 6.07) is 8.62. The quantitative estimate of drug-likeness (QED) is 0.823. The van der Waals surface area contributed by atoms with Crippen LogP contribution < -0.4 is 9.62 Å². The second kappa shape index (κ2) is 6.35. The second-order valence-corrected chi connectivity index (χ2v) is 8.63. The molecule has 0 aliphatic rings. The molecule has 2 aromatic rings. The van der Waals surface area contributed by atoms with Crippen LogP contribution in [0.3, 0.4) is 0 Å². The number of hydrogen-bond acceptors (Lipinski definition) is 5. The molecule has 0 saturated carbocycles. The Morgan fingerprint density at radius 3 is 2.57 bits per heavy atom. The fraction of sp³-hybridized carbons (Fsp3) is 0.231. The molecular formula is C13H15BrN2O3S2. The predicted octanol–water partition coefficient (Wildman–Crippen LogP) is 2.87. The fourth-order valence-electron chi connectivity index (χ4n) is 1.81. The highest BCUT2D eigenvalue weighted by molar-refractivity contribution is 9.11. The topological polar surface area (TPSA) is 69.6 Å². The minimum atomic E-state index is -3.71. The van der Waals surface area contributed by atoms with Crippen molar-refractivity contribution in [3.05, 3.63) is 39.0 Å². The van der Waals surface area contributed by atoms with Crippen molar-refractivity contribution in [3.8, 4) is 0 Å². The molecule has 0 aliphatic heterocycles. The summed E-state index contributed by atoms with van der Waals surface area (Å²) < 4.78 is 28.0. The smallest absolute Gasteiger partial charge is 0.263 e. The van der Waals surface area contributed by atoms with E-state index < -0.39 is 10.0 Å². The van der Waals surface area contributed by atoms with Crippen LogP contribution >= 0.6 is 27.3 Å². The Hall–Kier alpha value is -1.09. The minimum absolute atomic E-state index is 0.130. The van der Waals surface area contributed by atoms with Crippen LogP contribution in [0.25, 0.3) is 0 Å². The first kappa shape index (κ1) is 16.3. The molecule has 2 rings (SSSR count). The van der Waals surface area contributed by atoms with E-state index in [-0.39, 0.29) is 11.5 Å². The van der Waals surface area contributed by atoms with E-state index in [1.54, 1.807) is 12.1 Å². The molecule has 2 N–H and O–H groups in total. The van der Waals surface area contributed by atoms with Crippen molar-refractivity contribution >= 4 is 48.7 Å². The maximum Gasteiger partial charge on any atom is 0.263 e. The van der Waals surface area contributed by atoms with Crippen molar-refractivity contribution in [1.29, 1.82) is 0 Å². The molecule has 0 amide bonds. The maximum atomic E-state index is 12.5. The molecule has 1 aromatic heterocycles. The SMILES string of the molecule is CN(C)c1ccccc1NS(=O)(=O)c1cc(CO)sc1Br. The molecule has 8 heteroatoms. The first-order chi connectivity index (χ1) is 9.85. The molecule has 0 radical (unpaired) electrons. The number of halogens is 1. The number of hydrogen-bond donors (Lipinski definition) is 2. The van der Waals surface area contributed by atoms with Crippen LogP contribution in [0.15, 0.2) is 39.0 Å². The monoisotopic (exact) mass is 390 g/mol. The van der Waals surface area contributed by atoms with E-state index in [4.69, 9.17) is 5.11 Å². The number of thiophene rings is 1. The van der Waals surface area contributed by atoms with Crippen molar-refractivity contribution in [3.63, 3.8) is 0 Å². The Labute approximate surface area is 136 Å². The van der Waals surface area contributed by atoms with E-state index in [9.17, 15) is 8.42 Å². The third-order valence-electron chi connectivity index (χ3n) is 2.78. The highest BCUT2D eigenvalue weighted by Gasteiger charge is 2.22. The lowest BCUT2D eigenvalue weighted by molar-refractivity contribution is 0.285. The number of rotatable bonds is 5. The van der Waals surface area contributed by atoms with E-state index in [1.807, 2.05) is 31.1 Å². The fourth-order valence-corrected chi connectivity index (χ4v) is 5.43. The first-order valence-corrected chi connectivity index (χ1v) is 9.12. The van der Waals surface area contributed by atoms with Crippen LogP contribution in [0.1, 0.15) is 4.88 Å². The zero-order valence-corrected chi connectivity index (χ0v) is 14.7. The van der Waals surface area contributed by atoms with Crippen molar-refractivity contribution in [2.75, 3.05) is 23.7 Å². The number of nitrogens with zero attached hydrogens (tertiary/aromatic N) is 1. The molecule has 114 valence electrons. The number of sulfonamides is 1. The van der Waals surface area contributed by atoms with E-state index in [0.29, 0.717) is 14.4 Å². The van der Waals surface area contributed by atoms with E-state index in [1.165, 1.54) is 17.4 Å². The summed E-state index contributed by atoms with van der Waals surface area (Å²) >= 11 is 4.43. The number of benzene rings is 1. The lowest BCUT2D eigenvalue weighted by Crippen LogP contribution is -2.17. The summed E-state index contributed by atoms with van der Waals surface area (Å²) in [5.41, 5.74) is 1.28. The van der Waals surface area contributed by atoms with Gasteiger partial charge in [-0.3, -0.25) is 4.72 Å². The molecule has 1 heterocycles. The summed E-state index contributed by atoms with van der Waals surface area (Å²) in [6.45, 7) is -0.187. The highest BCUT2D eigenvalue weighted by Crippen LogP contribution is 2.34. The number of anilines is 2. The van der Waals surface area contributed by atoms with Crippen LogP contribution in [0.2, 0.25) is 0 Å². The molecule has 0 atom stereocenters. The Morgan fingerprint density at radius 1 is 1.33 bits per heavy atom. The van der Waals surface area contributed by atoms with Crippen molar-refractivity contribution in [2.24, 2.45) is 0 Å². The summed E-state index contributed by atoms with van der Waals surface area (Å²) in [7, 11) is -0.0240. The number of aliphatic hydroxyl groups excluding tert-OH is 1. The summed E-state index contributed by atoms with van der Waals surface area (Å²) in [6.07, 6.45) is 0. The van der Waals surface area contributed by atoms with E-state index >= 15 is 0 Å².